The van der Waals surface area contributed by atoms with Crippen LogP contribution in [-0.2, 0) is 0 Å². The largest absolute Gasteiger partial charge is 0.496 e. The number of aliphatic hydroxyl groups is 1. The van der Waals surface area contributed by atoms with Crippen molar-refractivity contribution in [1.29, 1.82) is 0 Å². The lowest BCUT2D eigenvalue weighted by molar-refractivity contribution is 0.215. The summed E-state index contributed by atoms with van der Waals surface area (Å²) in [7, 11) is 1.57. The molecular weight excluding hydrogens is 271 g/mol. The van der Waals surface area contributed by atoms with Crippen molar-refractivity contribution < 1.29 is 9.84 Å². The Hall–Kier alpha value is -1.22. The maximum Gasteiger partial charge on any atom is 0.125 e. The van der Waals surface area contributed by atoms with E-state index in [1.165, 1.54) is 0 Å². The summed E-state index contributed by atoms with van der Waals surface area (Å²) in [4.78, 5) is 0. The highest BCUT2D eigenvalue weighted by atomic mass is 35.5. The molecule has 18 heavy (non-hydrogen) atoms. The van der Waals surface area contributed by atoms with Gasteiger partial charge < -0.3 is 9.84 Å². The van der Waals surface area contributed by atoms with Gasteiger partial charge in [0, 0.05) is 5.56 Å². The Morgan fingerprint density at radius 1 is 1.06 bits per heavy atom. The molecule has 0 fully saturated rings. The second-order valence-corrected chi connectivity index (χ2v) is 4.63. The highest BCUT2D eigenvalue weighted by Gasteiger charge is 2.15. The third-order valence-electron chi connectivity index (χ3n) is 2.69. The third kappa shape index (κ3) is 2.61. The average Bonchev–Trinajstić information content (AvgIpc) is 2.41. The zero-order chi connectivity index (χ0) is 13.1. The van der Waals surface area contributed by atoms with Crippen LogP contribution in [0.5, 0.6) is 5.75 Å². The van der Waals surface area contributed by atoms with Gasteiger partial charge >= 0.3 is 0 Å². The topological polar surface area (TPSA) is 29.5 Å². The number of hydrogen-bond acceptors (Lipinski definition) is 2. The van der Waals surface area contributed by atoms with Crippen LogP contribution in [0, 0.1) is 0 Å². The Kier molecular flexibility index (Phi) is 4.12. The molecule has 0 radical (unpaired) electrons. The molecule has 94 valence electrons. The maximum atomic E-state index is 10.3. The van der Waals surface area contributed by atoms with Crippen LogP contribution in [0.25, 0.3) is 0 Å². The first kappa shape index (κ1) is 13.2. The van der Waals surface area contributed by atoms with Crippen molar-refractivity contribution in [3.05, 3.63) is 63.6 Å². The van der Waals surface area contributed by atoms with Gasteiger partial charge in [-0.05, 0) is 23.8 Å². The summed E-state index contributed by atoms with van der Waals surface area (Å²) in [5, 5.41) is 11.2. The Morgan fingerprint density at radius 3 is 2.44 bits per heavy atom. The molecule has 2 nitrogen and oxygen atoms in total. The summed E-state index contributed by atoms with van der Waals surface area (Å²) in [6.07, 6.45) is -0.795. The van der Waals surface area contributed by atoms with E-state index in [0.29, 0.717) is 26.9 Å². The Balaban J connectivity index is 2.41. The number of para-hydroxylation sites is 1. The van der Waals surface area contributed by atoms with Crippen LogP contribution in [0.15, 0.2) is 42.5 Å². The summed E-state index contributed by atoms with van der Waals surface area (Å²) in [6, 6.07) is 12.4. The van der Waals surface area contributed by atoms with Crippen molar-refractivity contribution in [2.75, 3.05) is 7.11 Å². The van der Waals surface area contributed by atoms with E-state index in [-0.39, 0.29) is 0 Å². The molecule has 0 aliphatic rings. The molecule has 1 unspecified atom stereocenters. The Labute approximate surface area is 116 Å². The molecule has 0 aliphatic carbocycles. The summed E-state index contributed by atoms with van der Waals surface area (Å²) >= 11 is 11.8. The van der Waals surface area contributed by atoms with Crippen molar-refractivity contribution in [2.24, 2.45) is 0 Å². The van der Waals surface area contributed by atoms with Crippen LogP contribution >= 0.6 is 23.2 Å². The molecule has 0 amide bonds. The zero-order valence-electron chi connectivity index (χ0n) is 9.73. The molecule has 0 bridgehead atoms. The van der Waals surface area contributed by atoms with Crippen LogP contribution in [0.2, 0.25) is 10.0 Å². The van der Waals surface area contributed by atoms with Crippen LogP contribution < -0.4 is 4.74 Å². The van der Waals surface area contributed by atoms with Crippen LogP contribution in [-0.4, -0.2) is 12.2 Å². The van der Waals surface area contributed by atoms with Crippen LogP contribution in [0.3, 0.4) is 0 Å². The van der Waals surface area contributed by atoms with Gasteiger partial charge in [0.15, 0.2) is 0 Å². The summed E-state index contributed by atoms with van der Waals surface area (Å²) < 4.78 is 5.22. The first-order chi connectivity index (χ1) is 8.63. The van der Waals surface area contributed by atoms with Gasteiger partial charge in [-0.3, -0.25) is 0 Å². The molecule has 0 heterocycles. The Morgan fingerprint density at radius 2 is 1.78 bits per heavy atom. The van der Waals surface area contributed by atoms with E-state index in [4.69, 9.17) is 27.9 Å². The van der Waals surface area contributed by atoms with Crippen molar-refractivity contribution >= 4 is 23.2 Å². The van der Waals surface area contributed by atoms with E-state index in [1.54, 1.807) is 31.4 Å². The third-order valence-corrected chi connectivity index (χ3v) is 3.43. The number of ether oxygens (including phenoxy) is 1. The first-order valence-corrected chi connectivity index (χ1v) is 6.15. The monoisotopic (exact) mass is 282 g/mol. The summed E-state index contributed by atoms with van der Waals surface area (Å²) in [5.74, 6) is 0.635. The molecule has 0 aliphatic heterocycles. The highest BCUT2D eigenvalue weighted by Crippen LogP contribution is 2.32. The molecule has 2 rings (SSSR count). The Bertz CT molecular complexity index is 555. The molecule has 1 atom stereocenters. The minimum atomic E-state index is -0.795. The summed E-state index contributed by atoms with van der Waals surface area (Å²) in [5.41, 5.74) is 1.37. The number of aliphatic hydroxyl groups excluding tert-OH is 1. The zero-order valence-corrected chi connectivity index (χ0v) is 11.2. The fourth-order valence-electron chi connectivity index (χ4n) is 1.75. The molecule has 0 saturated heterocycles. The van der Waals surface area contributed by atoms with E-state index in [0.717, 1.165) is 0 Å². The molecule has 0 aromatic heterocycles. The molecule has 1 N–H and O–H groups in total. The van der Waals surface area contributed by atoms with Gasteiger partial charge in [0.25, 0.3) is 0 Å². The standard InChI is InChI=1S/C14H12Cl2O2/c1-18-13-5-3-2-4-10(13)14(17)9-6-7-11(15)12(16)8-9/h2-8,14,17H,1H3. The van der Waals surface area contributed by atoms with E-state index >= 15 is 0 Å². The normalized spacial score (nSPS) is 12.2. The lowest BCUT2D eigenvalue weighted by Gasteiger charge is -2.15. The SMILES string of the molecule is COc1ccccc1C(O)c1ccc(Cl)c(Cl)c1. The van der Waals surface area contributed by atoms with E-state index in [2.05, 4.69) is 0 Å². The van der Waals surface area contributed by atoms with E-state index in [9.17, 15) is 5.11 Å². The molecular formula is C14H12Cl2O2. The fourth-order valence-corrected chi connectivity index (χ4v) is 2.06. The number of hydrogen-bond donors (Lipinski definition) is 1. The van der Waals surface area contributed by atoms with Gasteiger partial charge in [-0.2, -0.15) is 0 Å². The molecule has 0 saturated carbocycles. The van der Waals surface area contributed by atoms with Crippen molar-refractivity contribution in [3.63, 3.8) is 0 Å². The molecule has 0 spiro atoms. The van der Waals surface area contributed by atoms with Crippen LogP contribution in [0.4, 0.5) is 0 Å². The summed E-state index contributed by atoms with van der Waals surface area (Å²) in [6.45, 7) is 0. The smallest absolute Gasteiger partial charge is 0.125 e. The maximum absolute atomic E-state index is 10.3. The fraction of sp³-hybridized carbons (Fsp3) is 0.143. The van der Waals surface area contributed by atoms with Crippen molar-refractivity contribution in [2.45, 2.75) is 6.10 Å². The van der Waals surface area contributed by atoms with Gasteiger partial charge in [0.1, 0.15) is 11.9 Å². The lowest BCUT2D eigenvalue weighted by Crippen LogP contribution is -2.02. The van der Waals surface area contributed by atoms with Crippen molar-refractivity contribution in [1.82, 2.24) is 0 Å². The molecule has 2 aromatic carbocycles. The average molecular weight is 283 g/mol. The van der Waals surface area contributed by atoms with E-state index in [1.807, 2.05) is 18.2 Å². The van der Waals surface area contributed by atoms with Crippen molar-refractivity contribution in [3.8, 4) is 5.75 Å². The van der Waals surface area contributed by atoms with Gasteiger partial charge in [-0.15, -0.1) is 0 Å². The van der Waals surface area contributed by atoms with Gasteiger partial charge in [0.2, 0.25) is 0 Å². The predicted octanol–water partition coefficient (Wildman–Crippen LogP) is 4.08. The molecule has 4 heteroatoms. The van der Waals surface area contributed by atoms with Gasteiger partial charge in [-0.25, -0.2) is 0 Å². The first-order valence-electron chi connectivity index (χ1n) is 5.39. The minimum Gasteiger partial charge on any atom is -0.496 e. The second kappa shape index (κ2) is 5.61. The van der Waals surface area contributed by atoms with Crippen LogP contribution in [0.1, 0.15) is 17.2 Å². The number of benzene rings is 2. The van der Waals surface area contributed by atoms with E-state index < -0.39 is 6.10 Å². The highest BCUT2D eigenvalue weighted by molar-refractivity contribution is 6.42. The lowest BCUT2D eigenvalue weighted by atomic mass is 10.0. The van der Waals surface area contributed by atoms with Gasteiger partial charge in [-0.1, -0.05) is 47.5 Å². The minimum absolute atomic E-state index is 0.420. The second-order valence-electron chi connectivity index (χ2n) is 3.82. The number of methoxy groups -OCH3 is 1. The number of halogens is 2. The number of rotatable bonds is 3. The quantitative estimate of drug-likeness (QED) is 0.919. The molecule has 2 aromatic rings. The van der Waals surface area contributed by atoms with Gasteiger partial charge in [0.05, 0.1) is 17.2 Å². The predicted molar refractivity (Wildman–Crippen MR) is 73.5 cm³/mol.